The molecule has 2 aliphatic heterocycles. The van der Waals surface area contributed by atoms with Crippen LogP contribution in [-0.2, 0) is 4.79 Å². The van der Waals surface area contributed by atoms with E-state index in [1.54, 1.807) is 0 Å². The Hall–Kier alpha value is -3.88. The number of benzene rings is 2. The zero-order valence-corrected chi connectivity index (χ0v) is 21.9. The highest BCUT2D eigenvalue weighted by Gasteiger charge is 2.28. The summed E-state index contributed by atoms with van der Waals surface area (Å²) in [5.41, 5.74) is 6.81. The summed E-state index contributed by atoms with van der Waals surface area (Å²) in [5.74, 6) is 0.355. The standard InChI is InChI=1S/C30H34N4O4/c1-19-26(32-20(2)27(19)30(37)31-11-14-34-12-3-4-13-34)18-24-28-23(9-6-10-25(28)33-29(24)36)21-7-5-8-22(17-21)38-16-15-35/h5-10,17-18,32,35H,3-4,11-16H2,1-2H3,(H,31,37)(H,33,36)/b24-18-. The van der Waals surface area contributed by atoms with E-state index in [0.717, 1.165) is 59.0 Å². The molecule has 0 atom stereocenters. The number of carbonyl (C=O) groups is 2. The van der Waals surface area contributed by atoms with Crippen molar-refractivity contribution < 1.29 is 19.4 Å². The minimum Gasteiger partial charge on any atom is -0.491 e. The number of carbonyl (C=O) groups excluding carboxylic acids is 2. The van der Waals surface area contributed by atoms with E-state index < -0.39 is 0 Å². The average Bonchev–Trinajstić information content (AvgIpc) is 3.61. The van der Waals surface area contributed by atoms with Crippen molar-refractivity contribution in [2.75, 3.05) is 44.7 Å². The van der Waals surface area contributed by atoms with Gasteiger partial charge in [-0.2, -0.15) is 0 Å². The fourth-order valence-electron chi connectivity index (χ4n) is 5.37. The van der Waals surface area contributed by atoms with Crippen LogP contribution in [0.1, 0.15) is 45.7 Å². The van der Waals surface area contributed by atoms with Crippen LogP contribution >= 0.6 is 0 Å². The molecular formula is C30H34N4O4. The van der Waals surface area contributed by atoms with Crippen molar-refractivity contribution in [3.05, 3.63) is 70.5 Å². The number of likely N-dealkylation sites (tertiary alicyclic amines) is 1. The van der Waals surface area contributed by atoms with Gasteiger partial charge in [0, 0.05) is 35.7 Å². The van der Waals surface area contributed by atoms with Gasteiger partial charge in [-0.05, 0) is 80.7 Å². The summed E-state index contributed by atoms with van der Waals surface area (Å²) in [6.07, 6.45) is 4.28. The van der Waals surface area contributed by atoms with E-state index in [9.17, 15) is 9.59 Å². The lowest BCUT2D eigenvalue weighted by atomic mass is 9.94. The second-order valence-electron chi connectivity index (χ2n) is 9.81. The van der Waals surface area contributed by atoms with Crippen LogP contribution in [0.15, 0.2) is 42.5 Å². The Kier molecular flexibility index (Phi) is 7.62. The summed E-state index contributed by atoms with van der Waals surface area (Å²) in [5, 5.41) is 15.1. The summed E-state index contributed by atoms with van der Waals surface area (Å²) in [6, 6.07) is 13.4. The maximum Gasteiger partial charge on any atom is 0.256 e. The third kappa shape index (κ3) is 5.23. The number of nitrogens with zero attached hydrogens (tertiary/aromatic N) is 1. The molecule has 1 saturated heterocycles. The van der Waals surface area contributed by atoms with Crippen molar-refractivity contribution >= 4 is 29.2 Å². The zero-order valence-electron chi connectivity index (χ0n) is 21.9. The lowest BCUT2D eigenvalue weighted by molar-refractivity contribution is -0.110. The number of nitrogens with one attached hydrogen (secondary N) is 3. The molecule has 0 unspecified atom stereocenters. The van der Waals surface area contributed by atoms with Crippen LogP contribution in [0.2, 0.25) is 0 Å². The van der Waals surface area contributed by atoms with Crippen LogP contribution in [0, 0.1) is 13.8 Å². The number of hydrogen-bond donors (Lipinski definition) is 4. The molecule has 8 nitrogen and oxygen atoms in total. The number of aromatic amines is 1. The number of aromatic nitrogens is 1. The Bertz CT molecular complexity index is 1380. The van der Waals surface area contributed by atoms with E-state index in [2.05, 4.69) is 20.5 Å². The monoisotopic (exact) mass is 514 g/mol. The maximum absolute atomic E-state index is 13.1. The lowest BCUT2D eigenvalue weighted by Gasteiger charge is -2.14. The minimum atomic E-state index is -0.191. The van der Waals surface area contributed by atoms with E-state index in [0.29, 0.717) is 23.4 Å². The second-order valence-corrected chi connectivity index (χ2v) is 9.81. The Balaban J connectivity index is 1.44. The molecule has 1 aromatic heterocycles. The lowest BCUT2D eigenvalue weighted by Crippen LogP contribution is -2.33. The molecule has 2 aromatic carbocycles. The van der Waals surface area contributed by atoms with Crippen LogP contribution in [0.25, 0.3) is 22.8 Å². The Morgan fingerprint density at radius 3 is 2.74 bits per heavy atom. The number of H-pyrrole nitrogens is 1. The molecule has 0 spiro atoms. The Morgan fingerprint density at radius 2 is 1.95 bits per heavy atom. The predicted octanol–water partition coefficient (Wildman–Crippen LogP) is 3.99. The Labute approximate surface area is 222 Å². The fraction of sp³-hybridized carbons (Fsp3) is 0.333. The molecule has 0 bridgehead atoms. The highest BCUT2D eigenvalue weighted by Crippen LogP contribution is 2.41. The normalized spacial score (nSPS) is 16.1. The molecule has 38 heavy (non-hydrogen) atoms. The molecule has 1 fully saturated rings. The van der Waals surface area contributed by atoms with Crippen LogP contribution in [-0.4, -0.2) is 66.2 Å². The van der Waals surface area contributed by atoms with Crippen molar-refractivity contribution in [3.8, 4) is 16.9 Å². The molecule has 4 N–H and O–H groups in total. The number of aryl methyl sites for hydroxylation is 1. The molecule has 0 aliphatic carbocycles. The van der Waals surface area contributed by atoms with Gasteiger partial charge in [-0.3, -0.25) is 9.59 Å². The number of aliphatic hydroxyl groups is 1. The van der Waals surface area contributed by atoms with Gasteiger partial charge in [-0.15, -0.1) is 0 Å². The average molecular weight is 515 g/mol. The van der Waals surface area contributed by atoms with Gasteiger partial charge in [-0.25, -0.2) is 0 Å². The zero-order chi connectivity index (χ0) is 26.6. The van der Waals surface area contributed by atoms with Crippen molar-refractivity contribution in [2.24, 2.45) is 0 Å². The second kappa shape index (κ2) is 11.2. The third-order valence-corrected chi connectivity index (χ3v) is 7.24. The highest BCUT2D eigenvalue weighted by atomic mass is 16.5. The van der Waals surface area contributed by atoms with Gasteiger partial charge in [0.1, 0.15) is 12.4 Å². The first-order valence-corrected chi connectivity index (χ1v) is 13.2. The van der Waals surface area contributed by atoms with Gasteiger partial charge >= 0.3 is 0 Å². The van der Waals surface area contributed by atoms with Crippen LogP contribution in [0.4, 0.5) is 5.69 Å². The van der Waals surface area contributed by atoms with E-state index in [1.165, 1.54) is 12.8 Å². The first-order valence-electron chi connectivity index (χ1n) is 13.2. The molecule has 198 valence electrons. The van der Waals surface area contributed by atoms with E-state index in [-0.39, 0.29) is 25.0 Å². The molecule has 2 aliphatic rings. The van der Waals surface area contributed by atoms with Crippen molar-refractivity contribution in [2.45, 2.75) is 26.7 Å². The molecule has 3 aromatic rings. The number of anilines is 1. The van der Waals surface area contributed by atoms with Crippen molar-refractivity contribution in [1.82, 2.24) is 15.2 Å². The number of amides is 2. The van der Waals surface area contributed by atoms with E-state index in [1.807, 2.05) is 62.4 Å². The topological polar surface area (TPSA) is 107 Å². The van der Waals surface area contributed by atoms with Crippen molar-refractivity contribution in [3.63, 3.8) is 0 Å². The number of hydrogen-bond acceptors (Lipinski definition) is 5. The van der Waals surface area contributed by atoms with Gasteiger partial charge in [0.15, 0.2) is 0 Å². The van der Waals surface area contributed by atoms with Gasteiger partial charge < -0.3 is 30.4 Å². The molecule has 2 amide bonds. The van der Waals surface area contributed by atoms with Gasteiger partial charge in [0.2, 0.25) is 0 Å². The molecule has 5 rings (SSSR count). The van der Waals surface area contributed by atoms with E-state index >= 15 is 0 Å². The van der Waals surface area contributed by atoms with Crippen LogP contribution < -0.4 is 15.4 Å². The summed E-state index contributed by atoms with van der Waals surface area (Å²) < 4.78 is 5.60. The molecule has 0 saturated carbocycles. The largest absolute Gasteiger partial charge is 0.491 e. The van der Waals surface area contributed by atoms with Gasteiger partial charge in [0.05, 0.1) is 17.7 Å². The summed E-state index contributed by atoms with van der Waals surface area (Å²) in [7, 11) is 0. The maximum atomic E-state index is 13.1. The van der Waals surface area contributed by atoms with Crippen LogP contribution in [0.5, 0.6) is 5.75 Å². The van der Waals surface area contributed by atoms with Gasteiger partial charge in [0.25, 0.3) is 11.8 Å². The van der Waals surface area contributed by atoms with Crippen molar-refractivity contribution in [1.29, 1.82) is 0 Å². The number of aliphatic hydroxyl groups excluding tert-OH is 1. The smallest absolute Gasteiger partial charge is 0.256 e. The summed E-state index contributed by atoms with van der Waals surface area (Å²) in [4.78, 5) is 31.8. The minimum absolute atomic E-state index is 0.0658. The highest BCUT2D eigenvalue weighted by molar-refractivity contribution is 6.36. The fourth-order valence-corrected chi connectivity index (χ4v) is 5.37. The number of ether oxygens (including phenoxy) is 1. The van der Waals surface area contributed by atoms with E-state index in [4.69, 9.17) is 9.84 Å². The summed E-state index contributed by atoms with van der Waals surface area (Å²) in [6.45, 7) is 7.60. The first-order chi connectivity index (χ1) is 18.5. The molecule has 3 heterocycles. The van der Waals surface area contributed by atoms with Gasteiger partial charge in [-0.1, -0.05) is 24.3 Å². The summed E-state index contributed by atoms with van der Waals surface area (Å²) >= 11 is 0. The SMILES string of the molecule is Cc1[nH]c(/C=C2\C(=O)Nc3cccc(-c4cccc(OCCO)c4)c32)c(C)c1C(=O)NCCN1CCCC1. The van der Waals surface area contributed by atoms with Crippen LogP contribution in [0.3, 0.4) is 0 Å². The molecule has 8 heteroatoms. The molecular weight excluding hydrogens is 480 g/mol. The Morgan fingerprint density at radius 1 is 1.16 bits per heavy atom. The number of fused-ring (bicyclic) bond motifs is 1. The first kappa shape index (κ1) is 25.8. The molecule has 0 radical (unpaired) electrons. The third-order valence-electron chi connectivity index (χ3n) is 7.24. The quantitative estimate of drug-likeness (QED) is 0.323. The number of rotatable bonds is 9. The predicted molar refractivity (Wildman–Crippen MR) is 149 cm³/mol.